The molecule has 1 unspecified atom stereocenters. The molecule has 1 saturated carbocycles. The first-order valence-corrected chi connectivity index (χ1v) is 5.42. The molecule has 4 N–H and O–H groups in total. The number of carbonyl (C=O) groups excluding carboxylic acids is 1. The average Bonchev–Trinajstić information content (AvgIpc) is 2.08. The van der Waals surface area contributed by atoms with Crippen LogP contribution in [-0.2, 0) is 4.79 Å². The van der Waals surface area contributed by atoms with Crippen LogP contribution in [-0.4, -0.2) is 12.5 Å². The Morgan fingerprint density at radius 2 is 1.86 bits per heavy atom. The quantitative estimate of drug-likeness (QED) is 0.719. The SMILES string of the molecule is CC1(C)CCCCC1(CN)CC(N)=O. The summed E-state index contributed by atoms with van der Waals surface area (Å²) in [4.78, 5) is 11.1. The maximum absolute atomic E-state index is 11.1. The van der Waals surface area contributed by atoms with Crippen LogP contribution in [0.2, 0.25) is 0 Å². The van der Waals surface area contributed by atoms with Gasteiger partial charge in [0, 0.05) is 6.42 Å². The van der Waals surface area contributed by atoms with Crippen LogP contribution in [0.3, 0.4) is 0 Å². The lowest BCUT2D eigenvalue weighted by atomic mass is 9.56. The van der Waals surface area contributed by atoms with Crippen molar-refractivity contribution in [3.63, 3.8) is 0 Å². The van der Waals surface area contributed by atoms with Gasteiger partial charge in [0.2, 0.25) is 5.91 Å². The van der Waals surface area contributed by atoms with Gasteiger partial charge < -0.3 is 11.5 Å². The monoisotopic (exact) mass is 198 g/mol. The molecule has 0 radical (unpaired) electrons. The lowest BCUT2D eigenvalue weighted by Gasteiger charge is -2.49. The number of amides is 1. The van der Waals surface area contributed by atoms with Crippen molar-refractivity contribution in [3.8, 4) is 0 Å². The van der Waals surface area contributed by atoms with Crippen LogP contribution in [0.25, 0.3) is 0 Å². The predicted molar refractivity (Wildman–Crippen MR) is 57.5 cm³/mol. The first-order chi connectivity index (χ1) is 6.43. The van der Waals surface area contributed by atoms with Crippen LogP contribution in [0.5, 0.6) is 0 Å². The number of rotatable bonds is 3. The van der Waals surface area contributed by atoms with E-state index in [0.29, 0.717) is 13.0 Å². The lowest BCUT2D eigenvalue weighted by Crippen LogP contribution is -2.48. The summed E-state index contributed by atoms with van der Waals surface area (Å²) < 4.78 is 0. The number of hydrogen-bond acceptors (Lipinski definition) is 2. The minimum atomic E-state index is -0.217. The molecule has 0 heterocycles. The highest BCUT2D eigenvalue weighted by Gasteiger charge is 2.46. The second kappa shape index (κ2) is 3.89. The van der Waals surface area contributed by atoms with Crippen LogP contribution in [0.4, 0.5) is 0 Å². The van der Waals surface area contributed by atoms with Gasteiger partial charge in [0.1, 0.15) is 0 Å². The van der Waals surface area contributed by atoms with Crippen molar-refractivity contribution in [1.29, 1.82) is 0 Å². The van der Waals surface area contributed by atoms with Crippen LogP contribution in [0, 0.1) is 10.8 Å². The van der Waals surface area contributed by atoms with Crippen LogP contribution in [0.15, 0.2) is 0 Å². The van der Waals surface area contributed by atoms with Gasteiger partial charge in [-0.1, -0.05) is 26.7 Å². The largest absolute Gasteiger partial charge is 0.370 e. The summed E-state index contributed by atoms with van der Waals surface area (Å²) in [5.41, 5.74) is 11.3. The third kappa shape index (κ3) is 1.92. The van der Waals surface area contributed by atoms with Crippen molar-refractivity contribution in [2.75, 3.05) is 6.54 Å². The van der Waals surface area contributed by atoms with Crippen molar-refractivity contribution >= 4 is 5.91 Å². The molecule has 0 spiro atoms. The second-order valence-corrected chi connectivity index (χ2v) is 5.22. The maximum Gasteiger partial charge on any atom is 0.218 e. The first-order valence-electron chi connectivity index (χ1n) is 5.42. The Labute approximate surface area is 86.2 Å². The molecule has 0 aromatic rings. The van der Waals surface area contributed by atoms with Gasteiger partial charge in [-0.15, -0.1) is 0 Å². The molecule has 3 nitrogen and oxygen atoms in total. The Bertz CT molecular complexity index is 225. The van der Waals surface area contributed by atoms with E-state index in [-0.39, 0.29) is 16.7 Å². The summed E-state index contributed by atoms with van der Waals surface area (Å²) in [7, 11) is 0. The average molecular weight is 198 g/mol. The molecule has 1 atom stereocenters. The summed E-state index contributed by atoms with van der Waals surface area (Å²) in [6.07, 6.45) is 5.05. The Morgan fingerprint density at radius 1 is 1.29 bits per heavy atom. The number of primary amides is 1. The van der Waals surface area contributed by atoms with Crippen molar-refractivity contribution in [2.45, 2.75) is 46.0 Å². The third-order valence-corrected chi connectivity index (χ3v) is 4.05. The van der Waals surface area contributed by atoms with Gasteiger partial charge in [-0.25, -0.2) is 0 Å². The fraction of sp³-hybridized carbons (Fsp3) is 0.909. The van der Waals surface area contributed by atoms with Crippen LogP contribution < -0.4 is 11.5 Å². The molecule has 82 valence electrons. The predicted octanol–water partition coefficient (Wildman–Crippen LogP) is 1.41. The van der Waals surface area contributed by atoms with Gasteiger partial charge in [0.05, 0.1) is 0 Å². The molecule has 1 aliphatic carbocycles. The molecular formula is C11H22N2O. The third-order valence-electron chi connectivity index (χ3n) is 4.05. The Balaban J connectivity index is 2.88. The van der Waals surface area contributed by atoms with Crippen molar-refractivity contribution < 1.29 is 4.79 Å². The minimum Gasteiger partial charge on any atom is -0.370 e. The molecule has 0 aromatic carbocycles. The summed E-state index contributed by atoms with van der Waals surface area (Å²) >= 11 is 0. The van der Waals surface area contributed by atoms with Gasteiger partial charge >= 0.3 is 0 Å². The van der Waals surface area contributed by atoms with Gasteiger partial charge in [0.15, 0.2) is 0 Å². The van der Waals surface area contributed by atoms with Gasteiger partial charge in [-0.3, -0.25) is 4.79 Å². The normalized spacial score (nSPS) is 31.4. The minimum absolute atomic E-state index is 0.0584. The molecule has 1 aliphatic rings. The van der Waals surface area contributed by atoms with E-state index in [2.05, 4.69) is 13.8 Å². The maximum atomic E-state index is 11.1. The molecular weight excluding hydrogens is 176 g/mol. The Hall–Kier alpha value is -0.570. The number of hydrogen-bond donors (Lipinski definition) is 2. The fourth-order valence-electron chi connectivity index (χ4n) is 2.75. The molecule has 1 amide bonds. The van der Waals surface area contributed by atoms with Crippen molar-refractivity contribution in [3.05, 3.63) is 0 Å². The van der Waals surface area contributed by atoms with E-state index in [9.17, 15) is 4.79 Å². The number of nitrogens with two attached hydrogens (primary N) is 2. The van der Waals surface area contributed by atoms with Crippen LogP contribution >= 0.6 is 0 Å². The van der Waals surface area contributed by atoms with Crippen LogP contribution in [0.1, 0.15) is 46.0 Å². The van der Waals surface area contributed by atoms with E-state index in [1.54, 1.807) is 0 Å². The second-order valence-electron chi connectivity index (χ2n) is 5.22. The van der Waals surface area contributed by atoms with E-state index in [0.717, 1.165) is 12.8 Å². The summed E-state index contributed by atoms with van der Waals surface area (Å²) in [6, 6.07) is 0. The molecule has 3 heteroatoms. The van der Waals surface area contributed by atoms with E-state index >= 15 is 0 Å². The molecule has 1 fully saturated rings. The zero-order chi connectivity index (χ0) is 10.8. The standard InChI is InChI=1S/C11H22N2O/c1-10(2)5-3-4-6-11(10,8-12)7-9(13)14/h3-8,12H2,1-2H3,(H2,13,14). The van der Waals surface area contributed by atoms with E-state index < -0.39 is 0 Å². The van der Waals surface area contributed by atoms with Gasteiger partial charge in [-0.2, -0.15) is 0 Å². The summed E-state index contributed by atoms with van der Waals surface area (Å²) in [5, 5.41) is 0. The fourth-order valence-corrected chi connectivity index (χ4v) is 2.75. The van der Waals surface area contributed by atoms with Crippen molar-refractivity contribution in [1.82, 2.24) is 0 Å². The highest BCUT2D eigenvalue weighted by atomic mass is 16.1. The molecule has 0 saturated heterocycles. The van der Waals surface area contributed by atoms with E-state index in [4.69, 9.17) is 11.5 Å². The number of carbonyl (C=O) groups is 1. The van der Waals surface area contributed by atoms with Gasteiger partial charge in [-0.05, 0) is 30.2 Å². The Morgan fingerprint density at radius 3 is 2.29 bits per heavy atom. The highest BCUT2D eigenvalue weighted by molar-refractivity contribution is 5.74. The summed E-state index contributed by atoms with van der Waals surface area (Å²) in [5.74, 6) is -0.217. The zero-order valence-electron chi connectivity index (χ0n) is 9.31. The van der Waals surface area contributed by atoms with Crippen molar-refractivity contribution in [2.24, 2.45) is 22.3 Å². The Kier molecular flexibility index (Phi) is 3.20. The van der Waals surface area contributed by atoms with E-state index in [1.165, 1.54) is 12.8 Å². The first kappa shape index (κ1) is 11.5. The topological polar surface area (TPSA) is 69.1 Å². The van der Waals surface area contributed by atoms with Gasteiger partial charge in [0.25, 0.3) is 0 Å². The highest BCUT2D eigenvalue weighted by Crippen LogP contribution is 2.51. The summed E-state index contributed by atoms with van der Waals surface area (Å²) in [6.45, 7) is 4.99. The lowest BCUT2D eigenvalue weighted by molar-refractivity contribution is -0.123. The molecule has 0 aliphatic heterocycles. The molecule has 14 heavy (non-hydrogen) atoms. The zero-order valence-corrected chi connectivity index (χ0v) is 9.31. The molecule has 1 rings (SSSR count). The smallest absolute Gasteiger partial charge is 0.218 e. The molecule has 0 bridgehead atoms. The van der Waals surface area contributed by atoms with E-state index in [1.807, 2.05) is 0 Å². The molecule has 0 aromatic heterocycles.